The molecule has 3 N–H and O–H groups in total. The second kappa shape index (κ2) is 7.56. The molecular formula is C14H18F2N2O3. The molecule has 0 fully saturated rings. The van der Waals surface area contributed by atoms with Crippen LogP contribution < -0.4 is 10.6 Å². The molecule has 0 aliphatic carbocycles. The molecule has 5 nitrogen and oxygen atoms in total. The molecule has 1 aromatic rings. The van der Waals surface area contributed by atoms with Crippen molar-refractivity contribution >= 4 is 12.0 Å². The highest BCUT2D eigenvalue weighted by Gasteiger charge is 2.19. The number of aliphatic carboxylic acids is 1. The van der Waals surface area contributed by atoms with Gasteiger partial charge in [0.05, 0.1) is 6.42 Å². The Balaban J connectivity index is 2.54. The number of carbonyl (C=O) groups is 2. The first-order valence-corrected chi connectivity index (χ1v) is 6.49. The third-order valence-corrected chi connectivity index (χ3v) is 2.97. The number of carbonyl (C=O) groups excluding carboxylic acids is 1. The molecule has 0 spiro atoms. The van der Waals surface area contributed by atoms with Crippen LogP contribution in [0.15, 0.2) is 18.2 Å². The fraction of sp³-hybridized carbons (Fsp3) is 0.429. The SMILES string of the molecule is CC(C)C(CC(=O)O)NC(=O)NCc1ccc(F)cc1F. The predicted molar refractivity (Wildman–Crippen MR) is 72.6 cm³/mol. The highest BCUT2D eigenvalue weighted by atomic mass is 19.1. The Kier molecular flexibility index (Phi) is 6.08. The van der Waals surface area contributed by atoms with E-state index in [-0.39, 0.29) is 24.4 Å². The summed E-state index contributed by atoms with van der Waals surface area (Å²) in [4.78, 5) is 22.4. The van der Waals surface area contributed by atoms with Gasteiger partial charge in [-0.25, -0.2) is 13.6 Å². The van der Waals surface area contributed by atoms with E-state index in [2.05, 4.69) is 10.6 Å². The zero-order chi connectivity index (χ0) is 16.0. The van der Waals surface area contributed by atoms with Gasteiger partial charge in [-0.2, -0.15) is 0 Å². The Morgan fingerprint density at radius 3 is 2.48 bits per heavy atom. The molecule has 0 saturated heterocycles. The molecule has 1 aromatic carbocycles. The van der Waals surface area contributed by atoms with E-state index in [9.17, 15) is 18.4 Å². The summed E-state index contributed by atoms with van der Waals surface area (Å²) in [6.45, 7) is 3.46. The number of hydrogen-bond donors (Lipinski definition) is 3. The molecule has 1 unspecified atom stereocenters. The Hall–Kier alpha value is -2.18. The maximum Gasteiger partial charge on any atom is 0.315 e. The van der Waals surface area contributed by atoms with Crippen molar-refractivity contribution in [3.63, 3.8) is 0 Å². The Labute approximate surface area is 121 Å². The van der Waals surface area contributed by atoms with Crippen LogP contribution in [0, 0.1) is 17.6 Å². The lowest BCUT2D eigenvalue weighted by atomic mass is 10.0. The Morgan fingerprint density at radius 2 is 1.95 bits per heavy atom. The van der Waals surface area contributed by atoms with E-state index in [0.29, 0.717) is 0 Å². The topological polar surface area (TPSA) is 78.4 Å². The molecule has 0 bridgehead atoms. The standard InChI is InChI=1S/C14H18F2N2O3/c1-8(2)12(6-13(19)20)18-14(21)17-7-9-3-4-10(15)5-11(9)16/h3-5,8,12H,6-7H2,1-2H3,(H,19,20)(H2,17,18,21). The zero-order valence-corrected chi connectivity index (χ0v) is 11.8. The summed E-state index contributed by atoms with van der Waals surface area (Å²) in [6.07, 6.45) is -0.198. The summed E-state index contributed by atoms with van der Waals surface area (Å²) >= 11 is 0. The third-order valence-electron chi connectivity index (χ3n) is 2.97. The predicted octanol–water partition coefficient (Wildman–Crippen LogP) is 2.26. The van der Waals surface area contributed by atoms with Crippen LogP contribution in [-0.4, -0.2) is 23.1 Å². The lowest BCUT2D eigenvalue weighted by Crippen LogP contribution is -2.45. The number of nitrogens with one attached hydrogen (secondary N) is 2. The minimum absolute atomic E-state index is 0.0607. The number of amides is 2. The van der Waals surface area contributed by atoms with Gasteiger partial charge in [0.2, 0.25) is 0 Å². The molecule has 0 aliphatic rings. The molecule has 1 rings (SSSR count). The largest absolute Gasteiger partial charge is 0.481 e. The van der Waals surface area contributed by atoms with Crippen LogP contribution in [0.5, 0.6) is 0 Å². The monoisotopic (exact) mass is 300 g/mol. The molecule has 7 heteroatoms. The van der Waals surface area contributed by atoms with Crippen LogP contribution in [0.4, 0.5) is 13.6 Å². The van der Waals surface area contributed by atoms with Gasteiger partial charge in [0.15, 0.2) is 0 Å². The van der Waals surface area contributed by atoms with Gasteiger partial charge in [-0.1, -0.05) is 19.9 Å². The quantitative estimate of drug-likeness (QED) is 0.754. The second-order valence-corrected chi connectivity index (χ2v) is 5.01. The smallest absolute Gasteiger partial charge is 0.315 e. The van der Waals surface area contributed by atoms with Gasteiger partial charge in [-0.3, -0.25) is 4.79 Å². The maximum atomic E-state index is 13.4. The summed E-state index contributed by atoms with van der Waals surface area (Å²) in [7, 11) is 0. The van der Waals surface area contributed by atoms with Crippen molar-refractivity contribution in [2.45, 2.75) is 32.9 Å². The highest BCUT2D eigenvalue weighted by Crippen LogP contribution is 2.09. The van der Waals surface area contributed by atoms with E-state index in [1.165, 1.54) is 6.07 Å². The van der Waals surface area contributed by atoms with Gasteiger partial charge in [-0.15, -0.1) is 0 Å². The number of benzene rings is 1. The number of carboxylic acids is 1. The van der Waals surface area contributed by atoms with Crippen LogP contribution in [0.1, 0.15) is 25.8 Å². The zero-order valence-electron chi connectivity index (χ0n) is 11.8. The van der Waals surface area contributed by atoms with Gasteiger partial charge >= 0.3 is 12.0 Å². The molecule has 1 atom stereocenters. The van der Waals surface area contributed by atoms with Crippen molar-refractivity contribution in [2.24, 2.45) is 5.92 Å². The fourth-order valence-corrected chi connectivity index (χ4v) is 1.70. The second-order valence-electron chi connectivity index (χ2n) is 5.01. The first-order valence-electron chi connectivity index (χ1n) is 6.49. The number of rotatable bonds is 6. The average Bonchev–Trinajstić information content (AvgIpc) is 2.36. The summed E-state index contributed by atoms with van der Waals surface area (Å²) < 4.78 is 26.1. The molecular weight excluding hydrogens is 282 g/mol. The first kappa shape index (κ1) is 16.9. The van der Waals surface area contributed by atoms with Crippen molar-refractivity contribution in [1.82, 2.24) is 10.6 Å². The molecule has 0 aromatic heterocycles. The van der Waals surface area contributed by atoms with E-state index < -0.39 is 29.7 Å². The van der Waals surface area contributed by atoms with Crippen molar-refractivity contribution in [1.29, 1.82) is 0 Å². The lowest BCUT2D eigenvalue weighted by Gasteiger charge is -2.20. The van der Waals surface area contributed by atoms with Crippen molar-refractivity contribution in [3.8, 4) is 0 Å². The maximum absolute atomic E-state index is 13.4. The Morgan fingerprint density at radius 1 is 1.29 bits per heavy atom. The van der Waals surface area contributed by atoms with Crippen LogP contribution >= 0.6 is 0 Å². The van der Waals surface area contributed by atoms with Gasteiger partial charge in [0.1, 0.15) is 11.6 Å². The molecule has 0 aliphatic heterocycles. The molecule has 0 radical (unpaired) electrons. The number of urea groups is 1. The highest BCUT2D eigenvalue weighted by molar-refractivity contribution is 5.75. The van der Waals surface area contributed by atoms with Crippen LogP contribution in [0.2, 0.25) is 0 Å². The fourth-order valence-electron chi connectivity index (χ4n) is 1.70. The minimum Gasteiger partial charge on any atom is -0.481 e. The van der Waals surface area contributed by atoms with E-state index in [1.54, 1.807) is 13.8 Å². The number of halogens is 2. The van der Waals surface area contributed by atoms with Crippen molar-refractivity contribution < 1.29 is 23.5 Å². The van der Waals surface area contributed by atoms with Crippen molar-refractivity contribution in [3.05, 3.63) is 35.4 Å². The van der Waals surface area contributed by atoms with Crippen LogP contribution in [0.3, 0.4) is 0 Å². The third kappa shape index (κ3) is 5.76. The Bertz CT molecular complexity index is 521. The molecule has 0 heterocycles. The van der Waals surface area contributed by atoms with E-state index in [0.717, 1.165) is 12.1 Å². The number of hydrogen-bond acceptors (Lipinski definition) is 2. The molecule has 0 saturated carbocycles. The summed E-state index contributed by atoms with van der Waals surface area (Å²) in [5, 5.41) is 13.7. The van der Waals surface area contributed by atoms with Gasteiger partial charge in [-0.05, 0) is 12.0 Å². The normalized spacial score (nSPS) is 12.0. The minimum atomic E-state index is -1.02. The lowest BCUT2D eigenvalue weighted by molar-refractivity contribution is -0.137. The van der Waals surface area contributed by atoms with Gasteiger partial charge in [0.25, 0.3) is 0 Å². The van der Waals surface area contributed by atoms with Crippen LogP contribution in [-0.2, 0) is 11.3 Å². The first-order chi connectivity index (χ1) is 9.79. The van der Waals surface area contributed by atoms with Crippen molar-refractivity contribution in [2.75, 3.05) is 0 Å². The van der Waals surface area contributed by atoms with Gasteiger partial charge < -0.3 is 15.7 Å². The molecule has 116 valence electrons. The van der Waals surface area contributed by atoms with E-state index >= 15 is 0 Å². The number of carboxylic acid groups (broad SMARTS) is 1. The van der Waals surface area contributed by atoms with E-state index in [1.807, 2.05) is 0 Å². The van der Waals surface area contributed by atoms with Gasteiger partial charge in [0, 0.05) is 24.2 Å². The molecule has 21 heavy (non-hydrogen) atoms. The van der Waals surface area contributed by atoms with Crippen LogP contribution in [0.25, 0.3) is 0 Å². The summed E-state index contributed by atoms with van der Waals surface area (Å²) in [6, 6.07) is 1.94. The summed E-state index contributed by atoms with van der Waals surface area (Å²) in [5.41, 5.74) is 0.144. The summed E-state index contributed by atoms with van der Waals surface area (Å²) in [5.74, 6) is -2.52. The average molecular weight is 300 g/mol. The van der Waals surface area contributed by atoms with E-state index in [4.69, 9.17) is 5.11 Å². The molecule has 2 amide bonds.